The lowest BCUT2D eigenvalue weighted by Gasteiger charge is -2.32. The highest BCUT2D eigenvalue weighted by atomic mass is 32.2. The Bertz CT molecular complexity index is 568. The number of hydrogen-bond acceptors (Lipinski definition) is 4. The molecule has 1 fully saturated rings. The van der Waals surface area contributed by atoms with Crippen LogP contribution in [0.1, 0.15) is 25.8 Å². The topological polar surface area (TPSA) is 64.6 Å². The van der Waals surface area contributed by atoms with Crippen molar-refractivity contribution in [2.45, 2.75) is 38.0 Å². The fraction of sp³-hybridized carbons (Fsp3) is 0.625. The third-order valence-corrected chi connectivity index (χ3v) is 6.08. The van der Waals surface area contributed by atoms with Gasteiger partial charge in [0, 0.05) is 18.6 Å². The standard InChI is InChI=1S/C16H25NO4S/c1-12(2)17-22(18,19)16-8-9-21-11-14(16)10-13-4-6-15(20-3)7-5-13/h4-7,12,14,16-17H,8-11H2,1-3H3/t14-,16-/m0/s1. The average molecular weight is 327 g/mol. The molecule has 0 bridgehead atoms. The zero-order valence-corrected chi connectivity index (χ0v) is 14.2. The first kappa shape index (κ1) is 17.2. The van der Waals surface area contributed by atoms with Gasteiger partial charge < -0.3 is 9.47 Å². The molecule has 0 radical (unpaired) electrons. The molecule has 5 nitrogen and oxygen atoms in total. The number of rotatable bonds is 6. The maximum Gasteiger partial charge on any atom is 0.215 e. The van der Waals surface area contributed by atoms with Gasteiger partial charge in [-0.05, 0) is 44.4 Å². The van der Waals surface area contributed by atoms with Crippen LogP contribution in [-0.2, 0) is 21.2 Å². The number of benzene rings is 1. The molecule has 1 aliphatic rings. The molecule has 6 heteroatoms. The van der Waals surface area contributed by atoms with E-state index in [1.807, 2.05) is 38.1 Å². The fourth-order valence-electron chi connectivity index (χ4n) is 2.86. The first-order valence-corrected chi connectivity index (χ1v) is 9.19. The van der Waals surface area contributed by atoms with Crippen LogP contribution in [0.15, 0.2) is 24.3 Å². The molecule has 2 rings (SSSR count). The van der Waals surface area contributed by atoms with E-state index in [-0.39, 0.29) is 12.0 Å². The molecule has 0 amide bonds. The molecule has 1 aliphatic heterocycles. The molecule has 0 aliphatic carbocycles. The van der Waals surface area contributed by atoms with Crippen molar-refractivity contribution in [3.05, 3.63) is 29.8 Å². The van der Waals surface area contributed by atoms with Crippen molar-refractivity contribution in [3.63, 3.8) is 0 Å². The molecule has 2 atom stereocenters. The van der Waals surface area contributed by atoms with E-state index < -0.39 is 15.3 Å². The van der Waals surface area contributed by atoms with Gasteiger partial charge in [-0.1, -0.05) is 12.1 Å². The number of sulfonamides is 1. The average Bonchev–Trinajstić information content (AvgIpc) is 2.47. The minimum absolute atomic E-state index is 0.0293. The Kier molecular flexibility index (Phi) is 5.83. The first-order chi connectivity index (χ1) is 10.4. The van der Waals surface area contributed by atoms with Crippen molar-refractivity contribution in [2.24, 2.45) is 5.92 Å². The van der Waals surface area contributed by atoms with E-state index in [0.717, 1.165) is 11.3 Å². The molecule has 0 spiro atoms. The second kappa shape index (κ2) is 7.44. The largest absolute Gasteiger partial charge is 0.497 e. The Morgan fingerprint density at radius 2 is 2.00 bits per heavy atom. The van der Waals surface area contributed by atoms with Gasteiger partial charge in [-0.3, -0.25) is 0 Å². The van der Waals surface area contributed by atoms with Crippen LogP contribution in [0.2, 0.25) is 0 Å². The second-order valence-corrected chi connectivity index (χ2v) is 7.96. The van der Waals surface area contributed by atoms with Gasteiger partial charge in [-0.25, -0.2) is 13.1 Å². The molecule has 0 aromatic heterocycles. The smallest absolute Gasteiger partial charge is 0.215 e. The van der Waals surface area contributed by atoms with Gasteiger partial charge in [0.1, 0.15) is 5.75 Å². The molecule has 124 valence electrons. The molecule has 0 saturated carbocycles. The lowest BCUT2D eigenvalue weighted by atomic mass is 9.93. The van der Waals surface area contributed by atoms with Crippen molar-refractivity contribution in [1.29, 1.82) is 0 Å². The summed E-state index contributed by atoms with van der Waals surface area (Å²) in [6.45, 7) is 4.67. The van der Waals surface area contributed by atoms with Gasteiger partial charge in [0.2, 0.25) is 10.0 Å². The highest BCUT2D eigenvalue weighted by Crippen LogP contribution is 2.26. The lowest BCUT2D eigenvalue weighted by Crippen LogP contribution is -2.46. The van der Waals surface area contributed by atoms with Gasteiger partial charge in [-0.2, -0.15) is 0 Å². The first-order valence-electron chi connectivity index (χ1n) is 7.64. The zero-order valence-electron chi connectivity index (χ0n) is 13.4. The maximum absolute atomic E-state index is 12.5. The van der Waals surface area contributed by atoms with Crippen LogP contribution >= 0.6 is 0 Å². The summed E-state index contributed by atoms with van der Waals surface area (Å²) in [7, 11) is -1.69. The summed E-state index contributed by atoms with van der Waals surface area (Å²) in [6, 6.07) is 7.67. The van der Waals surface area contributed by atoms with E-state index in [0.29, 0.717) is 26.1 Å². The summed E-state index contributed by atoms with van der Waals surface area (Å²) in [5, 5.41) is -0.397. The van der Waals surface area contributed by atoms with Crippen LogP contribution in [0, 0.1) is 5.92 Å². The SMILES string of the molecule is COc1ccc(C[C@H]2COCC[C@@H]2S(=O)(=O)NC(C)C)cc1. The Morgan fingerprint density at radius 1 is 1.32 bits per heavy atom. The summed E-state index contributed by atoms with van der Waals surface area (Å²) in [5.41, 5.74) is 1.10. The van der Waals surface area contributed by atoms with Crippen molar-refractivity contribution in [2.75, 3.05) is 20.3 Å². The fourth-order valence-corrected chi connectivity index (χ4v) is 4.78. The minimum Gasteiger partial charge on any atom is -0.497 e. The van der Waals surface area contributed by atoms with E-state index in [1.165, 1.54) is 0 Å². The van der Waals surface area contributed by atoms with Crippen LogP contribution in [0.3, 0.4) is 0 Å². The number of methoxy groups -OCH3 is 1. The van der Waals surface area contributed by atoms with Crippen LogP contribution < -0.4 is 9.46 Å². The van der Waals surface area contributed by atoms with Crippen molar-refractivity contribution >= 4 is 10.0 Å². The number of nitrogens with one attached hydrogen (secondary N) is 1. The summed E-state index contributed by atoms with van der Waals surface area (Å²) < 4.78 is 38.4. The molecular weight excluding hydrogens is 302 g/mol. The normalized spacial score (nSPS) is 22.7. The molecule has 1 N–H and O–H groups in total. The van der Waals surface area contributed by atoms with E-state index >= 15 is 0 Å². The Morgan fingerprint density at radius 3 is 2.59 bits per heavy atom. The monoisotopic (exact) mass is 327 g/mol. The third kappa shape index (κ3) is 4.44. The van der Waals surface area contributed by atoms with Gasteiger partial charge in [0.15, 0.2) is 0 Å². The maximum atomic E-state index is 12.5. The molecule has 1 aromatic carbocycles. The Labute approximate surface area is 133 Å². The van der Waals surface area contributed by atoms with Crippen molar-refractivity contribution in [3.8, 4) is 5.75 Å². The molecule has 1 heterocycles. The van der Waals surface area contributed by atoms with E-state index in [1.54, 1.807) is 7.11 Å². The predicted molar refractivity (Wildman–Crippen MR) is 86.6 cm³/mol. The minimum atomic E-state index is -3.32. The molecular formula is C16H25NO4S. The third-order valence-electron chi connectivity index (χ3n) is 3.86. The van der Waals surface area contributed by atoms with Crippen molar-refractivity contribution < 1.29 is 17.9 Å². The Balaban J connectivity index is 2.12. The highest BCUT2D eigenvalue weighted by Gasteiger charge is 2.36. The highest BCUT2D eigenvalue weighted by molar-refractivity contribution is 7.90. The molecule has 22 heavy (non-hydrogen) atoms. The van der Waals surface area contributed by atoms with Crippen LogP contribution in [0.5, 0.6) is 5.75 Å². The second-order valence-electron chi connectivity index (χ2n) is 6.03. The van der Waals surface area contributed by atoms with E-state index in [9.17, 15) is 8.42 Å². The van der Waals surface area contributed by atoms with Gasteiger partial charge in [0.05, 0.1) is 19.0 Å². The van der Waals surface area contributed by atoms with Gasteiger partial charge in [0.25, 0.3) is 0 Å². The summed E-state index contributed by atoms with van der Waals surface area (Å²) in [5.74, 6) is 0.771. The van der Waals surface area contributed by atoms with E-state index in [4.69, 9.17) is 9.47 Å². The molecule has 0 unspecified atom stereocenters. The van der Waals surface area contributed by atoms with Crippen molar-refractivity contribution in [1.82, 2.24) is 4.72 Å². The van der Waals surface area contributed by atoms with Crippen LogP contribution in [0.25, 0.3) is 0 Å². The van der Waals surface area contributed by atoms with Gasteiger partial charge in [-0.15, -0.1) is 0 Å². The van der Waals surface area contributed by atoms with E-state index in [2.05, 4.69) is 4.72 Å². The number of hydrogen-bond donors (Lipinski definition) is 1. The molecule has 1 aromatic rings. The number of ether oxygens (including phenoxy) is 2. The lowest BCUT2D eigenvalue weighted by molar-refractivity contribution is 0.0569. The quantitative estimate of drug-likeness (QED) is 0.867. The summed E-state index contributed by atoms with van der Waals surface area (Å²) in [4.78, 5) is 0. The summed E-state index contributed by atoms with van der Waals surface area (Å²) >= 11 is 0. The van der Waals surface area contributed by atoms with Crippen LogP contribution in [0.4, 0.5) is 0 Å². The molecule has 1 saturated heterocycles. The van der Waals surface area contributed by atoms with Gasteiger partial charge >= 0.3 is 0 Å². The Hall–Kier alpha value is -1.11. The van der Waals surface area contributed by atoms with Crippen LogP contribution in [-0.4, -0.2) is 40.0 Å². The predicted octanol–water partition coefficient (Wildman–Crippen LogP) is 1.97. The summed E-state index contributed by atoms with van der Waals surface area (Å²) in [6.07, 6.45) is 1.23. The zero-order chi connectivity index (χ0) is 16.2.